The zero-order valence-electron chi connectivity index (χ0n) is 19.7. The molecule has 9 nitrogen and oxygen atoms in total. The number of piperidine rings is 1. The smallest absolute Gasteiger partial charge is 0.223 e. The number of nitrogens with zero attached hydrogens (tertiary/aromatic N) is 5. The van der Waals surface area contributed by atoms with Crippen LogP contribution in [0.1, 0.15) is 24.2 Å². The molecular weight excluding hydrogens is 458 g/mol. The van der Waals surface area contributed by atoms with Crippen molar-refractivity contribution >= 4 is 22.5 Å². The van der Waals surface area contributed by atoms with Crippen molar-refractivity contribution in [1.82, 2.24) is 24.5 Å². The third-order valence-corrected chi connectivity index (χ3v) is 6.36. The van der Waals surface area contributed by atoms with E-state index in [0.717, 1.165) is 5.56 Å². The van der Waals surface area contributed by atoms with Gasteiger partial charge in [0.05, 0.1) is 26.7 Å². The van der Waals surface area contributed by atoms with E-state index >= 15 is 4.39 Å². The second kappa shape index (κ2) is 8.81. The number of alkyl halides is 1. The molecule has 2 aromatic carbocycles. The Hall–Kier alpha value is -3.73. The first-order chi connectivity index (χ1) is 16.8. The van der Waals surface area contributed by atoms with Crippen LogP contribution >= 0.6 is 0 Å². The first-order valence-corrected chi connectivity index (χ1v) is 11.2. The van der Waals surface area contributed by atoms with Gasteiger partial charge in [-0.25, -0.2) is 18.7 Å². The summed E-state index contributed by atoms with van der Waals surface area (Å²) in [5.41, 5.74) is 5.76. The molecule has 35 heavy (non-hydrogen) atoms. The summed E-state index contributed by atoms with van der Waals surface area (Å²) in [5, 5.41) is 4.69. The molecule has 0 radical (unpaired) electrons. The molecule has 0 amide bonds. The number of nitrogens with two attached hydrogens (primary N) is 1. The molecular formula is C24H26F2N6O3. The molecule has 1 aliphatic heterocycles. The van der Waals surface area contributed by atoms with Crippen molar-refractivity contribution < 1.29 is 23.0 Å². The zero-order valence-corrected chi connectivity index (χ0v) is 19.7. The van der Waals surface area contributed by atoms with Crippen LogP contribution < -0.4 is 19.9 Å². The van der Waals surface area contributed by atoms with Crippen LogP contribution in [0.3, 0.4) is 0 Å². The predicted molar refractivity (Wildman–Crippen MR) is 126 cm³/mol. The number of hydrogen-bond acceptors (Lipinski definition) is 8. The highest BCUT2D eigenvalue weighted by molar-refractivity contribution is 5.96. The molecule has 1 fully saturated rings. The van der Waals surface area contributed by atoms with Gasteiger partial charge in [0.2, 0.25) is 5.95 Å². The molecule has 11 heteroatoms. The van der Waals surface area contributed by atoms with E-state index < -0.39 is 11.5 Å². The minimum Gasteiger partial charge on any atom is -0.497 e. The number of fused-ring (bicyclic) bond motifs is 3. The van der Waals surface area contributed by atoms with Gasteiger partial charge in [0.25, 0.3) is 0 Å². The van der Waals surface area contributed by atoms with Crippen LogP contribution in [0.2, 0.25) is 0 Å². The number of ether oxygens (including phenoxy) is 3. The second-order valence-electron chi connectivity index (χ2n) is 8.60. The summed E-state index contributed by atoms with van der Waals surface area (Å²) < 4.78 is 47.8. The summed E-state index contributed by atoms with van der Waals surface area (Å²) in [4.78, 5) is 10.8. The van der Waals surface area contributed by atoms with Gasteiger partial charge in [-0.15, -0.1) is 5.10 Å². The molecule has 2 N–H and O–H groups in total. The maximum absolute atomic E-state index is 16.4. The lowest BCUT2D eigenvalue weighted by molar-refractivity contribution is 0.0312. The van der Waals surface area contributed by atoms with Gasteiger partial charge in [0, 0.05) is 30.8 Å². The zero-order chi connectivity index (χ0) is 24.7. The van der Waals surface area contributed by atoms with E-state index in [1.54, 1.807) is 20.3 Å². The van der Waals surface area contributed by atoms with Crippen LogP contribution in [0.15, 0.2) is 30.3 Å². The van der Waals surface area contributed by atoms with Gasteiger partial charge >= 0.3 is 0 Å². The predicted octanol–water partition coefficient (Wildman–Crippen LogP) is 3.49. The fraction of sp³-hybridized carbons (Fsp3) is 0.375. The molecule has 1 saturated heterocycles. The van der Waals surface area contributed by atoms with E-state index in [2.05, 4.69) is 15.1 Å². The maximum atomic E-state index is 16.4. The summed E-state index contributed by atoms with van der Waals surface area (Å²) in [6.45, 7) is 1.28. The summed E-state index contributed by atoms with van der Waals surface area (Å²) in [6.07, 6.45) is 0.866. The van der Waals surface area contributed by atoms with Gasteiger partial charge in [-0.05, 0) is 31.5 Å². The van der Waals surface area contributed by atoms with E-state index in [1.165, 1.54) is 23.8 Å². The highest BCUT2D eigenvalue weighted by atomic mass is 19.1. The fourth-order valence-corrected chi connectivity index (χ4v) is 4.65. The summed E-state index contributed by atoms with van der Waals surface area (Å²) in [7, 11) is 4.60. The molecule has 0 bridgehead atoms. The Balaban J connectivity index is 1.50. The highest BCUT2D eigenvalue weighted by Crippen LogP contribution is 2.37. The second-order valence-corrected chi connectivity index (χ2v) is 8.60. The van der Waals surface area contributed by atoms with E-state index in [4.69, 9.17) is 19.9 Å². The monoisotopic (exact) mass is 484 g/mol. The molecule has 2 aromatic heterocycles. The van der Waals surface area contributed by atoms with Crippen LogP contribution in [-0.4, -0.2) is 58.9 Å². The molecule has 184 valence electrons. The van der Waals surface area contributed by atoms with Gasteiger partial charge in [-0.2, -0.15) is 4.52 Å². The molecule has 3 heterocycles. The number of aromatic nitrogens is 4. The molecule has 1 unspecified atom stereocenters. The Kier molecular flexibility index (Phi) is 5.79. The van der Waals surface area contributed by atoms with Gasteiger partial charge < -0.3 is 19.9 Å². The average molecular weight is 485 g/mol. The molecule has 5 rings (SSSR count). The van der Waals surface area contributed by atoms with Crippen LogP contribution in [-0.2, 0) is 12.2 Å². The average Bonchev–Trinajstić information content (AvgIpc) is 3.32. The van der Waals surface area contributed by atoms with E-state index in [1.807, 2.05) is 17.0 Å². The minimum absolute atomic E-state index is 0.00637. The highest BCUT2D eigenvalue weighted by Gasteiger charge is 2.41. The number of nitrogen functional groups attached to an aromatic ring is 1. The normalized spacial score (nSPS) is 18.8. The Labute approximate surface area is 200 Å². The summed E-state index contributed by atoms with van der Waals surface area (Å²) >= 11 is 0. The Morgan fingerprint density at radius 1 is 1.06 bits per heavy atom. The van der Waals surface area contributed by atoms with Crippen LogP contribution in [0, 0.1) is 5.82 Å². The lowest BCUT2D eigenvalue weighted by atomic mass is 9.93. The third kappa shape index (κ3) is 4.05. The molecule has 1 aliphatic rings. The van der Waals surface area contributed by atoms with Crippen molar-refractivity contribution in [2.45, 2.75) is 25.1 Å². The first-order valence-electron chi connectivity index (χ1n) is 11.2. The molecule has 1 atom stereocenters. The number of hydrogen-bond donors (Lipinski definition) is 1. The van der Waals surface area contributed by atoms with Crippen LogP contribution in [0.25, 0.3) is 16.6 Å². The Bertz CT molecular complexity index is 1410. The van der Waals surface area contributed by atoms with E-state index in [0.29, 0.717) is 41.9 Å². The molecule has 4 aromatic rings. The van der Waals surface area contributed by atoms with Gasteiger partial charge in [0.1, 0.15) is 28.6 Å². The number of benzene rings is 2. The van der Waals surface area contributed by atoms with Gasteiger partial charge in [-0.3, -0.25) is 4.90 Å². The maximum Gasteiger partial charge on any atom is 0.223 e. The number of methoxy groups -OCH3 is 3. The van der Waals surface area contributed by atoms with Crippen molar-refractivity contribution in [2.24, 2.45) is 0 Å². The van der Waals surface area contributed by atoms with E-state index in [-0.39, 0.29) is 36.1 Å². The lowest BCUT2D eigenvalue weighted by Crippen LogP contribution is -2.43. The standard InChI is InChI=1S/C24H26F2N6O3/c1-33-16-6-5-14(18(11-16)34-2)12-31-8-4-7-24(26,13-31)22-29-21-17-9-15(25)10-19(35-3)20(17)28-23(27)32(21)30-22/h5-6,9-11H,4,7-8,12-13H2,1-3H3,(H2,27,28). The SMILES string of the molecule is COc1ccc(CN2CCCC(F)(c3nc4c5cc(F)cc(OC)c5nc(N)n4n3)C2)c(OC)c1. The lowest BCUT2D eigenvalue weighted by Gasteiger charge is -2.35. The van der Waals surface area contributed by atoms with Crippen LogP contribution in [0.4, 0.5) is 14.7 Å². The number of rotatable bonds is 6. The largest absolute Gasteiger partial charge is 0.497 e. The van der Waals surface area contributed by atoms with Gasteiger partial charge in [0.15, 0.2) is 17.1 Å². The fourth-order valence-electron chi connectivity index (χ4n) is 4.65. The number of halogens is 2. The topological polar surface area (TPSA) is 100 Å². The summed E-state index contributed by atoms with van der Waals surface area (Å²) in [5.74, 6) is 1.05. The van der Waals surface area contributed by atoms with Crippen molar-refractivity contribution in [2.75, 3.05) is 40.2 Å². The third-order valence-electron chi connectivity index (χ3n) is 6.36. The molecule has 0 spiro atoms. The van der Waals surface area contributed by atoms with Crippen molar-refractivity contribution in [3.63, 3.8) is 0 Å². The van der Waals surface area contributed by atoms with E-state index in [9.17, 15) is 4.39 Å². The minimum atomic E-state index is -1.82. The van der Waals surface area contributed by atoms with Crippen molar-refractivity contribution in [3.8, 4) is 17.2 Å². The molecule has 0 aliphatic carbocycles. The van der Waals surface area contributed by atoms with Crippen LogP contribution in [0.5, 0.6) is 17.2 Å². The Morgan fingerprint density at radius 2 is 1.86 bits per heavy atom. The number of anilines is 1. The molecule has 0 saturated carbocycles. The summed E-state index contributed by atoms with van der Waals surface area (Å²) in [6, 6.07) is 8.05. The Morgan fingerprint density at radius 3 is 2.60 bits per heavy atom. The van der Waals surface area contributed by atoms with Gasteiger partial charge in [-0.1, -0.05) is 6.07 Å². The first kappa shape index (κ1) is 23.0. The van der Waals surface area contributed by atoms with Crippen molar-refractivity contribution in [1.29, 1.82) is 0 Å². The quantitative estimate of drug-likeness (QED) is 0.444. The number of likely N-dealkylation sites (tertiary alicyclic amines) is 1. The van der Waals surface area contributed by atoms with Crippen molar-refractivity contribution in [3.05, 3.63) is 47.5 Å².